The molecule has 0 bridgehead atoms. The van der Waals surface area contributed by atoms with Gasteiger partial charge in [0.1, 0.15) is 11.6 Å². The van der Waals surface area contributed by atoms with E-state index in [-0.39, 0.29) is 12.3 Å². The molecule has 1 aliphatic heterocycles. The molecule has 7 nitrogen and oxygen atoms in total. The lowest BCUT2D eigenvalue weighted by Crippen LogP contribution is -2.38. The summed E-state index contributed by atoms with van der Waals surface area (Å²) in [7, 11) is 0. The van der Waals surface area contributed by atoms with Crippen molar-refractivity contribution in [2.24, 2.45) is 0 Å². The Balaban J connectivity index is 1.23. The molecule has 3 rings (SSSR count). The number of hydrogen-bond acceptors (Lipinski definition) is 6. The summed E-state index contributed by atoms with van der Waals surface area (Å²) in [4.78, 5) is 19.2. The van der Waals surface area contributed by atoms with Gasteiger partial charge in [0.05, 0.1) is 13.0 Å². The number of carbonyl (C=O) groups excluding carboxylic acids is 1. The quantitative estimate of drug-likeness (QED) is 0.201. The minimum absolute atomic E-state index is 0.180. The zero-order valence-corrected chi connectivity index (χ0v) is 18.6. The Morgan fingerprint density at radius 2 is 1.75 bits per heavy atom. The van der Waals surface area contributed by atoms with E-state index >= 15 is 0 Å². The minimum atomic E-state index is -0.410. The molecular formula is C25H34N4O3. The van der Waals surface area contributed by atoms with Crippen molar-refractivity contribution in [2.75, 3.05) is 19.7 Å². The number of unbranched alkanes of at least 4 members (excludes halogenated alkanes) is 1. The molecule has 0 spiro atoms. The van der Waals surface area contributed by atoms with Crippen LogP contribution in [0, 0.1) is 5.41 Å². The minimum Gasteiger partial charge on any atom is -0.494 e. The van der Waals surface area contributed by atoms with Crippen molar-refractivity contribution < 1.29 is 14.4 Å². The fraction of sp³-hybridized carbons (Fsp3) is 0.440. The summed E-state index contributed by atoms with van der Waals surface area (Å²) in [6.45, 7) is 3.97. The molecule has 1 saturated heterocycles. The van der Waals surface area contributed by atoms with Crippen LogP contribution in [0.2, 0.25) is 0 Å². The number of benzene rings is 2. The lowest BCUT2D eigenvalue weighted by Gasteiger charge is -2.26. The number of hydrazine groups is 1. The Morgan fingerprint density at radius 1 is 0.969 bits per heavy atom. The summed E-state index contributed by atoms with van der Waals surface area (Å²) in [6.07, 6.45) is 6.31. The number of carbonyl (C=O) groups is 1. The third-order valence-corrected chi connectivity index (χ3v) is 5.40. The normalized spacial score (nSPS) is 14.0. The van der Waals surface area contributed by atoms with Gasteiger partial charge < -0.3 is 9.57 Å². The second-order valence-electron chi connectivity index (χ2n) is 8.13. The van der Waals surface area contributed by atoms with Gasteiger partial charge in [-0.25, -0.2) is 4.79 Å². The van der Waals surface area contributed by atoms with Gasteiger partial charge in [0.15, 0.2) is 0 Å². The summed E-state index contributed by atoms with van der Waals surface area (Å²) in [5.41, 5.74) is 7.13. The van der Waals surface area contributed by atoms with Crippen molar-refractivity contribution in [2.45, 2.75) is 51.5 Å². The van der Waals surface area contributed by atoms with Crippen LogP contribution in [0.15, 0.2) is 54.6 Å². The van der Waals surface area contributed by atoms with E-state index in [1.165, 1.54) is 37.9 Å². The predicted molar refractivity (Wildman–Crippen MR) is 125 cm³/mol. The largest absolute Gasteiger partial charge is 0.494 e. The molecule has 1 aliphatic rings. The average Bonchev–Trinajstić information content (AvgIpc) is 2.80. The first-order valence-electron chi connectivity index (χ1n) is 11.5. The summed E-state index contributed by atoms with van der Waals surface area (Å²) in [5.74, 6) is 0.758. The molecule has 1 fully saturated rings. The van der Waals surface area contributed by atoms with Crippen LogP contribution < -0.4 is 15.8 Å². The van der Waals surface area contributed by atoms with E-state index in [1.807, 2.05) is 36.4 Å². The van der Waals surface area contributed by atoms with Crippen molar-refractivity contribution in [3.63, 3.8) is 0 Å². The first kappa shape index (κ1) is 23.8. The van der Waals surface area contributed by atoms with Crippen molar-refractivity contribution in [1.82, 2.24) is 15.9 Å². The Morgan fingerprint density at radius 3 is 2.56 bits per heavy atom. The zero-order valence-electron chi connectivity index (χ0n) is 18.6. The number of rotatable bonds is 12. The van der Waals surface area contributed by atoms with Gasteiger partial charge in [0.2, 0.25) is 0 Å². The molecule has 0 aromatic heterocycles. The predicted octanol–water partition coefficient (Wildman–Crippen LogP) is 3.99. The molecule has 7 heteroatoms. The van der Waals surface area contributed by atoms with E-state index in [4.69, 9.17) is 15.0 Å². The van der Waals surface area contributed by atoms with Crippen LogP contribution in [0.5, 0.6) is 5.75 Å². The number of amidine groups is 1. The maximum absolute atomic E-state index is 11.7. The molecule has 172 valence electrons. The Kier molecular flexibility index (Phi) is 10.0. The van der Waals surface area contributed by atoms with Crippen molar-refractivity contribution in [1.29, 1.82) is 5.41 Å². The van der Waals surface area contributed by atoms with E-state index in [0.29, 0.717) is 13.0 Å². The summed E-state index contributed by atoms with van der Waals surface area (Å²) >= 11 is 0. The summed E-state index contributed by atoms with van der Waals surface area (Å²) < 4.78 is 5.89. The fourth-order valence-corrected chi connectivity index (χ4v) is 3.71. The number of likely N-dealkylation sites (tertiary alicyclic amines) is 1. The second kappa shape index (κ2) is 13.5. The van der Waals surface area contributed by atoms with Gasteiger partial charge in [-0.3, -0.25) is 15.7 Å². The van der Waals surface area contributed by atoms with Crippen LogP contribution >= 0.6 is 0 Å². The third-order valence-electron chi connectivity index (χ3n) is 5.40. The monoisotopic (exact) mass is 438 g/mol. The number of nitrogens with zero attached hydrogens (tertiary/aromatic N) is 1. The van der Waals surface area contributed by atoms with Crippen molar-refractivity contribution >= 4 is 11.8 Å². The van der Waals surface area contributed by atoms with Gasteiger partial charge in [0, 0.05) is 13.0 Å². The number of ether oxygens (including phenoxy) is 1. The van der Waals surface area contributed by atoms with E-state index in [2.05, 4.69) is 34.1 Å². The number of nitrogens with one attached hydrogen (secondary N) is 3. The van der Waals surface area contributed by atoms with Crippen molar-refractivity contribution in [3.05, 3.63) is 65.7 Å². The van der Waals surface area contributed by atoms with Gasteiger partial charge in [-0.2, -0.15) is 0 Å². The molecular weight excluding hydrogens is 404 g/mol. The molecule has 0 saturated carbocycles. The molecule has 2 aromatic rings. The molecule has 0 amide bonds. The first-order chi connectivity index (χ1) is 15.7. The average molecular weight is 439 g/mol. The van der Waals surface area contributed by atoms with Gasteiger partial charge in [-0.05, 0) is 62.0 Å². The summed E-state index contributed by atoms with van der Waals surface area (Å²) in [6, 6.07) is 17.7. The number of piperidine rings is 1. The third kappa shape index (κ3) is 9.08. The van der Waals surface area contributed by atoms with Gasteiger partial charge in [-0.15, -0.1) is 0 Å². The Labute approximate surface area is 190 Å². The second-order valence-corrected chi connectivity index (χ2v) is 8.13. The molecule has 0 atom stereocenters. The lowest BCUT2D eigenvalue weighted by molar-refractivity contribution is -0.151. The molecule has 2 aromatic carbocycles. The summed E-state index contributed by atoms with van der Waals surface area (Å²) in [5, 5.41) is 7.89. The maximum atomic E-state index is 11.7. The standard InChI is InChI=1S/C25H34N4O3/c26-24(27-28-32-25(30)19-21-10-3-1-4-11-21)14-5-8-17-31-23-13-9-12-22(18-23)20-29-15-6-2-7-16-29/h1,3-4,9-13,18,28H,2,5-8,14-17,19-20H2,(H2,26,27). The zero-order chi connectivity index (χ0) is 22.4. The first-order valence-corrected chi connectivity index (χ1v) is 11.5. The van der Waals surface area contributed by atoms with Crippen LogP contribution in [-0.2, 0) is 22.6 Å². The molecule has 0 aliphatic carbocycles. The number of hydrogen-bond donors (Lipinski definition) is 3. The Hall–Kier alpha value is -2.90. The lowest BCUT2D eigenvalue weighted by atomic mass is 10.1. The van der Waals surface area contributed by atoms with E-state index in [0.717, 1.165) is 30.7 Å². The van der Waals surface area contributed by atoms with Gasteiger partial charge in [-0.1, -0.05) is 54.5 Å². The molecule has 0 radical (unpaired) electrons. The van der Waals surface area contributed by atoms with Crippen LogP contribution in [0.1, 0.15) is 49.7 Å². The van der Waals surface area contributed by atoms with Gasteiger partial charge in [0.25, 0.3) is 0 Å². The van der Waals surface area contributed by atoms with Crippen LogP contribution in [0.25, 0.3) is 0 Å². The van der Waals surface area contributed by atoms with E-state index in [9.17, 15) is 4.79 Å². The SMILES string of the molecule is N=C(CCCCOc1cccc(CN2CCCCC2)c1)NNOC(=O)Cc1ccccc1. The maximum Gasteiger partial charge on any atom is 0.331 e. The van der Waals surface area contributed by atoms with Gasteiger partial charge >= 0.3 is 5.97 Å². The molecule has 32 heavy (non-hydrogen) atoms. The smallest absolute Gasteiger partial charge is 0.331 e. The van der Waals surface area contributed by atoms with E-state index < -0.39 is 5.97 Å². The Bertz CT molecular complexity index is 838. The highest BCUT2D eigenvalue weighted by Crippen LogP contribution is 2.18. The van der Waals surface area contributed by atoms with Crippen molar-refractivity contribution in [3.8, 4) is 5.75 Å². The van der Waals surface area contributed by atoms with Crippen LogP contribution in [0.3, 0.4) is 0 Å². The highest BCUT2D eigenvalue weighted by Gasteiger charge is 2.10. The molecule has 1 heterocycles. The molecule has 0 unspecified atom stereocenters. The van der Waals surface area contributed by atoms with E-state index in [1.54, 1.807) is 0 Å². The fourth-order valence-electron chi connectivity index (χ4n) is 3.71. The molecule has 3 N–H and O–H groups in total. The highest BCUT2D eigenvalue weighted by molar-refractivity contribution is 5.78. The van der Waals surface area contributed by atoms with Crippen LogP contribution in [-0.4, -0.2) is 36.4 Å². The topological polar surface area (TPSA) is 86.7 Å². The highest BCUT2D eigenvalue weighted by atomic mass is 16.7. The van der Waals surface area contributed by atoms with Crippen LogP contribution in [0.4, 0.5) is 0 Å².